The first-order valence-electron chi connectivity index (χ1n) is 17.7. The fourth-order valence-corrected chi connectivity index (χ4v) is 9.28. The molecule has 0 aromatic heterocycles. The van der Waals surface area contributed by atoms with Crippen LogP contribution in [0.3, 0.4) is 0 Å². The maximum atomic E-state index is 14.1. The molecule has 9 nitrogen and oxygen atoms in total. The van der Waals surface area contributed by atoms with Crippen LogP contribution in [0.15, 0.2) is 36.4 Å². The van der Waals surface area contributed by atoms with Crippen molar-refractivity contribution in [2.24, 2.45) is 17.3 Å². The molecule has 2 bridgehead atoms. The van der Waals surface area contributed by atoms with E-state index in [-0.39, 0.29) is 47.8 Å². The molecule has 248 valence electrons. The van der Waals surface area contributed by atoms with E-state index in [2.05, 4.69) is 38.2 Å². The van der Waals surface area contributed by atoms with Crippen molar-refractivity contribution in [3.05, 3.63) is 47.5 Å². The summed E-state index contributed by atoms with van der Waals surface area (Å²) in [6.45, 7) is 8.13. The number of rotatable bonds is 2. The molecule has 3 amide bonds. The Hall–Kier alpha value is -2.85. The van der Waals surface area contributed by atoms with E-state index in [4.69, 9.17) is 14.0 Å². The highest BCUT2D eigenvalue weighted by molar-refractivity contribution is 6.47. The third-order valence-corrected chi connectivity index (χ3v) is 12.2. The lowest BCUT2D eigenvalue weighted by Gasteiger charge is -2.64. The molecule has 3 saturated carbocycles. The molecule has 46 heavy (non-hydrogen) atoms. The van der Waals surface area contributed by atoms with Gasteiger partial charge in [0.05, 0.1) is 24.2 Å². The molecule has 4 heterocycles. The van der Waals surface area contributed by atoms with Crippen molar-refractivity contribution in [3.63, 3.8) is 0 Å². The molecule has 2 saturated heterocycles. The molecule has 1 aromatic carbocycles. The van der Waals surface area contributed by atoms with Gasteiger partial charge in [-0.2, -0.15) is 0 Å². The van der Waals surface area contributed by atoms with Crippen molar-refractivity contribution in [3.8, 4) is 0 Å². The molecule has 1 aromatic rings. The summed E-state index contributed by atoms with van der Waals surface area (Å²) in [5.41, 5.74) is 2.11. The Morgan fingerprint density at radius 3 is 2.48 bits per heavy atom. The average molecular weight is 632 g/mol. The van der Waals surface area contributed by atoms with Crippen LogP contribution in [-0.4, -0.2) is 71.2 Å². The van der Waals surface area contributed by atoms with Crippen LogP contribution in [0.1, 0.15) is 103 Å². The van der Waals surface area contributed by atoms with Gasteiger partial charge in [0.2, 0.25) is 11.8 Å². The number of nitrogens with zero attached hydrogens (tertiary/aromatic N) is 2. The second kappa shape index (κ2) is 12.6. The third-order valence-electron chi connectivity index (χ3n) is 12.2. The number of fused-ring (bicyclic) bond motifs is 2. The lowest BCUT2D eigenvalue weighted by molar-refractivity contribution is -0.199. The van der Waals surface area contributed by atoms with Crippen molar-refractivity contribution >= 4 is 25.0 Å². The largest absolute Gasteiger partial charge is 0.481 e. The number of ether oxygens (including phenoxy) is 1. The van der Waals surface area contributed by atoms with Crippen LogP contribution < -0.4 is 5.32 Å². The number of hydrogen-bond acceptors (Lipinski definition) is 6. The Kier molecular flexibility index (Phi) is 8.72. The predicted octanol–water partition coefficient (Wildman–Crippen LogP) is 5.55. The molecule has 3 aliphatic carbocycles. The zero-order valence-corrected chi connectivity index (χ0v) is 27.7. The maximum Gasteiger partial charge on any atom is 0.481 e. The first kappa shape index (κ1) is 31.7. The number of carbonyl (C=O) groups is 3. The van der Waals surface area contributed by atoms with Crippen molar-refractivity contribution in [2.45, 2.75) is 134 Å². The van der Waals surface area contributed by atoms with Gasteiger partial charge >= 0.3 is 13.2 Å². The van der Waals surface area contributed by atoms with E-state index < -0.39 is 25.4 Å². The lowest BCUT2D eigenvalue weighted by Crippen LogP contribution is -2.65. The minimum absolute atomic E-state index is 0.0309. The Balaban J connectivity index is 1.06. The molecule has 7 aliphatic rings. The monoisotopic (exact) mass is 631 g/mol. The zero-order chi connectivity index (χ0) is 32.1. The standard InChI is InChI=1S/C36H50BN3O6/c1-35(2)26-18-29(35)36(3)30(19-26)45-37(46-36)31-16-10-8-6-4-5-7-9-11-17-32(41)40-23-27(20-28(40)33(42)38-31)44-34(43)39-21-24-14-12-13-15-25(24)22-39/h7,9,12-15,26-31H,4-6,8,10-11,16-23H2,1-3H3,(H,38,42)/b9-7+/t26-,27-,28?,29-,30?,31+,36-/m1/s1. The van der Waals surface area contributed by atoms with Crippen LogP contribution in [0.5, 0.6) is 0 Å². The summed E-state index contributed by atoms with van der Waals surface area (Å²) < 4.78 is 19.4. The van der Waals surface area contributed by atoms with Crippen LogP contribution >= 0.6 is 0 Å². The molecule has 8 rings (SSSR count). The minimum atomic E-state index is -0.716. The Bertz CT molecular complexity index is 1340. The van der Waals surface area contributed by atoms with Gasteiger partial charge in [0.15, 0.2) is 0 Å². The van der Waals surface area contributed by atoms with Gasteiger partial charge in [-0.05, 0) is 73.8 Å². The topological polar surface area (TPSA) is 97.4 Å². The lowest BCUT2D eigenvalue weighted by atomic mass is 9.43. The van der Waals surface area contributed by atoms with Crippen LogP contribution in [0.4, 0.5) is 4.79 Å². The molecule has 2 unspecified atom stereocenters. The van der Waals surface area contributed by atoms with E-state index >= 15 is 0 Å². The third kappa shape index (κ3) is 5.89. The molecule has 10 heteroatoms. The van der Waals surface area contributed by atoms with E-state index in [0.717, 1.165) is 56.1 Å². The first-order chi connectivity index (χ1) is 22.1. The Labute approximate surface area is 273 Å². The van der Waals surface area contributed by atoms with Gasteiger partial charge in [0.1, 0.15) is 12.1 Å². The van der Waals surface area contributed by atoms with Crippen LogP contribution in [0.25, 0.3) is 0 Å². The number of benzene rings is 1. The molecule has 5 fully saturated rings. The van der Waals surface area contributed by atoms with Crippen molar-refractivity contribution in [1.82, 2.24) is 15.1 Å². The van der Waals surface area contributed by atoms with Crippen LogP contribution in [0.2, 0.25) is 0 Å². The average Bonchev–Trinajstić information content (AvgIpc) is 3.75. The summed E-state index contributed by atoms with van der Waals surface area (Å²) in [4.78, 5) is 44.2. The van der Waals surface area contributed by atoms with E-state index in [0.29, 0.717) is 37.8 Å². The number of amides is 3. The smallest absolute Gasteiger partial charge is 0.444 e. The number of allylic oxidation sites excluding steroid dienone is 2. The van der Waals surface area contributed by atoms with Crippen molar-refractivity contribution in [1.29, 1.82) is 0 Å². The summed E-state index contributed by atoms with van der Waals surface area (Å²) >= 11 is 0. The summed E-state index contributed by atoms with van der Waals surface area (Å²) in [6.07, 6.45) is 12.7. The van der Waals surface area contributed by atoms with Gasteiger partial charge in [-0.3, -0.25) is 14.5 Å². The van der Waals surface area contributed by atoms with E-state index in [1.807, 2.05) is 24.3 Å². The summed E-state index contributed by atoms with van der Waals surface area (Å²) in [6, 6.07) is 7.29. The highest BCUT2D eigenvalue weighted by Crippen LogP contribution is 2.65. The van der Waals surface area contributed by atoms with E-state index in [1.165, 1.54) is 6.42 Å². The molecule has 0 radical (unpaired) electrons. The van der Waals surface area contributed by atoms with Gasteiger partial charge < -0.3 is 24.3 Å². The van der Waals surface area contributed by atoms with Crippen LogP contribution in [-0.2, 0) is 36.7 Å². The van der Waals surface area contributed by atoms with E-state index in [9.17, 15) is 14.4 Å². The second-order valence-corrected chi connectivity index (χ2v) is 15.4. The minimum Gasteiger partial charge on any atom is -0.444 e. The van der Waals surface area contributed by atoms with Crippen LogP contribution in [0, 0.1) is 17.3 Å². The van der Waals surface area contributed by atoms with Gasteiger partial charge in [-0.1, -0.05) is 69.5 Å². The maximum absolute atomic E-state index is 14.1. The SMILES string of the molecule is CC1(C)[C@H]2CC3OB([C@@H]4CCCCCC/C=C/CCC(=O)N5C[C@H](OC(=O)N6Cc7ccccc7C6)CC5C(=O)N4)O[C@]3(C)[C@@H]1C2. The molecule has 0 spiro atoms. The fraction of sp³-hybridized carbons (Fsp3) is 0.694. The quantitative estimate of drug-likeness (QED) is 0.340. The fourth-order valence-electron chi connectivity index (χ4n) is 9.28. The summed E-state index contributed by atoms with van der Waals surface area (Å²) in [7, 11) is -0.521. The highest BCUT2D eigenvalue weighted by Gasteiger charge is 2.68. The summed E-state index contributed by atoms with van der Waals surface area (Å²) in [5.74, 6) is 0.459. The molecule has 1 N–H and O–H groups in total. The highest BCUT2D eigenvalue weighted by atomic mass is 16.7. The van der Waals surface area contributed by atoms with E-state index in [1.54, 1.807) is 9.80 Å². The van der Waals surface area contributed by atoms with Gasteiger partial charge in [-0.15, -0.1) is 0 Å². The van der Waals surface area contributed by atoms with Gasteiger partial charge in [0.25, 0.3) is 0 Å². The van der Waals surface area contributed by atoms with Crippen molar-refractivity contribution < 1.29 is 28.4 Å². The predicted molar refractivity (Wildman–Crippen MR) is 174 cm³/mol. The number of carbonyl (C=O) groups excluding carboxylic acids is 3. The molecule has 4 aliphatic heterocycles. The summed E-state index contributed by atoms with van der Waals surface area (Å²) in [5, 5.41) is 3.30. The normalized spacial score (nSPS) is 36.7. The Morgan fingerprint density at radius 2 is 1.72 bits per heavy atom. The van der Waals surface area contributed by atoms with Gasteiger partial charge in [0, 0.05) is 25.9 Å². The van der Waals surface area contributed by atoms with Crippen molar-refractivity contribution in [2.75, 3.05) is 6.54 Å². The van der Waals surface area contributed by atoms with Gasteiger partial charge in [-0.25, -0.2) is 4.79 Å². The zero-order valence-electron chi connectivity index (χ0n) is 27.7. The number of nitrogens with one attached hydrogen (secondary N) is 1. The molecular formula is C36H50BN3O6. The first-order valence-corrected chi connectivity index (χ1v) is 17.7. The Morgan fingerprint density at radius 1 is 0.978 bits per heavy atom. The number of hydrogen-bond donors (Lipinski definition) is 1. The molecular weight excluding hydrogens is 581 g/mol. The second-order valence-electron chi connectivity index (χ2n) is 15.4. The molecule has 7 atom stereocenters.